The maximum absolute atomic E-state index is 14.3. The van der Waals surface area contributed by atoms with Crippen LogP contribution in [0.15, 0.2) is 97.1 Å². The molecular formula is C26H21F4O2P. The van der Waals surface area contributed by atoms with Crippen molar-refractivity contribution >= 4 is 18.3 Å². The Kier molecular flexibility index (Phi) is 7.19. The Balaban J connectivity index is 1.76. The monoisotopic (exact) mass is 472 g/mol. The molecule has 4 aromatic carbocycles. The first kappa shape index (κ1) is 23.1. The summed E-state index contributed by atoms with van der Waals surface area (Å²) in [6.45, 7) is -0.373. The number of benzene rings is 4. The van der Waals surface area contributed by atoms with Crippen molar-refractivity contribution in [2.75, 3.05) is 0 Å². The van der Waals surface area contributed by atoms with Gasteiger partial charge in [0.15, 0.2) is 0 Å². The topological polar surface area (TPSA) is 18.5 Å². The van der Waals surface area contributed by atoms with Gasteiger partial charge in [0.1, 0.15) is 0 Å². The van der Waals surface area contributed by atoms with Gasteiger partial charge in [-0.3, -0.25) is 0 Å². The molecule has 33 heavy (non-hydrogen) atoms. The molecule has 0 aliphatic heterocycles. The van der Waals surface area contributed by atoms with Crippen molar-refractivity contribution in [3.8, 4) is 0 Å². The van der Waals surface area contributed by atoms with Crippen LogP contribution in [0.25, 0.3) is 0 Å². The van der Waals surface area contributed by atoms with Crippen molar-refractivity contribution < 1.29 is 26.6 Å². The van der Waals surface area contributed by atoms with Gasteiger partial charge in [0, 0.05) is 0 Å². The van der Waals surface area contributed by atoms with Crippen LogP contribution in [0.1, 0.15) is 11.1 Å². The molecule has 170 valence electrons. The summed E-state index contributed by atoms with van der Waals surface area (Å²) in [6.07, 6.45) is 0. The fourth-order valence-electron chi connectivity index (χ4n) is 3.49. The molecule has 0 aliphatic carbocycles. The third kappa shape index (κ3) is 5.31. The molecule has 4 rings (SSSR count). The summed E-state index contributed by atoms with van der Waals surface area (Å²) >= 11 is 0. The van der Waals surface area contributed by atoms with E-state index < -0.39 is 31.0 Å². The predicted octanol–water partition coefficient (Wildman–Crippen LogP) is 6.21. The third-order valence-electron chi connectivity index (χ3n) is 5.20. The Labute approximate surface area is 189 Å². The summed E-state index contributed by atoms with van der Waals surface area (Å²) in [5, 5.41) is 1.45. The van der Waals surface area contributed by atoms with Crippen molar-refractivity contribution in [2.45, 2.75) is 13.2 Å². The number of rotatable bonds is 8. The van der Waals surface area contributed by atoms with Crippen LogP contribution in [0.2, 0.25) is 0 Å². The van der Waals surface area contributed by atoms with E-state index in [2.05, 4.69) is 0 Å². The van der Waals surface area contributed by atoms with E-state index in [-0.39, 0.29) is 24.3 Å². The summed E-state index contributed by atoms with van der Waals surface area (Å²) in [5.41, 5.74) is 0.327. The second kappa shape index (κ2) is 10.3. The van der Waals surface area contributed by atoms with Crippen LogP contribution in [0.5, 0.6) is 0 Å². The summed E-state index contributed by atoms with van der Waals surface area (Å²) in [7, 11) is -3.51. The van der Waals surface area contributed by atoms with Crippen LogP contribution < -0.4 is 10.6 Å². The molecule has 0 fully saturated rings. The second-order valence-corrected chi connectivity index (χ2v) is 10.4. The average molecular weight is 472 g/mol. The molecule has 0 N–H and O–H groups in total. The van der Waals surface area contributed by atoms with Gasteiger partial charge in [-0.05, 0) is 0 Å². The average Bonchev–Trinajstić information content (AvgIpc) is 2.82. The third-order valence-corrected chi connectivity index (χ3v) is 8.49. The van der Waals surface area contributed by atoms with E-state index in [4.69, 9.17) is 9.05 Å². The summed E-state index contributed by atoms with van der Waals surface area (Å²) in [5.74, 6) is -2.84. The molecular weight excluding hydrogens is 451 g/mol. The Morgan fingerprint density at radius 1 is 0.515 bits per heavy atom. The fraction of sp³-hybridized carbons (Fsp3) is 0.0769. The van der Waals surface area contributed by atoms with Gasteiger partial charge < -0.3 is 0 Å². The second-order valence-electron chi connectivity index (χ2n) is 7.40. The van der Waals surface area contributed by atoms with Crippen molar-refractivity contribution in [2.24, 2.45) is 0 Å². The molecule has 7 heteroatoms. The summed E-state index contributed by atoms with van der Waals surface area (Å²) in [6, 6.07) is 24.9. The van der Waals surface area contributed by atoms with Crippen molar-refractivity contribution in [3.05, 3.63) is 131 Å². The minimum atomic E-state index is -3.51. The first-order valence-corrected chi connectivity index (χ1v) is 12.1. The molecule has 2 nitrogen and oxygen atoms in total. The molecule has 0 saturated carbocycles. The zero-order valence-electron chi connectivity index (χ0n) is 17.5. The summed E-state index contributed by atoms with van der Waals surface area (Å²) in [4.78, 5) is 0. The van der Waals surface area contributed by atoms with Gasteiger partial charge in [-0.2, -0.15) is 0 Å². The van der Waals surface area contributed by atoms with E-state index in [0.29, 0.717) is 0 Å². The number of hydrogen-bond donors (Lipinski definition) is 0. The Bertz CT molecular complexity index is 1120. The molecule has 0 heterocycles. The van der Waals surface area contributed by atoms with Gasteiger partial charge in [0.25, 0.3) is 0 Å². The molecule has 0 spiro atoms. The molecule has 0 aliphatic rings. The molecule has 0 radical (unpaired) electrons. The minimum absolute atomic E-state index is 0.164. The zero-order chi connectivity index (χ0) is 23.3. The molecule has 0 bridgehead atoms. The van der Waals surface area contributed by atoms with Gasteiger partial charge in [0.2, 0.25) is 0 Å². The van der Waals surface area contributed by atoms with Gasteiger partial charge in [-0.25, -0.2) is 0 Å². The Hall–Kier alpha value is -3.05. The first-order valence-electron chi connectivity index (χ1n) is 10.2. The first-order chi connectivity index (χ1) is 16.0. The van der Waals surface area contributed by atoms with E-state index in [1.54, 1.807) is 0 Å². The molecule has 4 aromatic rings. The Morgan fingerprint density at radius 3 is 1.27 bits per heavy atom. The number of halogens is 4. The van der Waals surface area contributed by atoms with Gasteiger partial charge in [0.05, 0.1) is 0 Å². The van der Waals surface area contributed by atoms with E-state index >= 15 is 0 Å². The van der Waals surface area contributed by atoms with Crippen LogP contribution in [0.3, 0.4) is 0 Å². The fourth-order valence-corrected chi connectivity index (χ4v) is 6.56. The standard InChI is InChI=1S/C26H21F4O2P/c27-21-13-11-19(25(29)15-21)17-31-33(23-7-3-1-4-8-23,24-9-5-2-6-10-24)32-18-20-12-14-22(28)16-26(20)30/h1-16,33H,17-18H2. The van der Waals surface area contributed by atoms with Crippen LogP contribution in [-0.4, -0.2) is 0 Å². The Morgan fingerprint density at radius 2 is 0.909 bits per heavy atom. The van der Waals surface area contributed by atoms with Crippen molar-refractivity contribution in [1.82, 2.24) is 0 Å². The van der Waals surface area contributed by atoms with Gasteiger partial charge in [-0.15, -0.1) is 0 Å². The van der Waals surface area contributed by atoms with Crippen LogP contribution in [0.4, 0.5) is 17.6 Å². The molecule has 0 saturated heterocycles. The van der Waals surface area contributed by atoms with Crippen LogP contribution in [0, 0.1) is 23.3 Å². The van der Waals surface area contributed by atoms with Crippen molar-refractivity contribution in [3.63, 3.8) is 0 Å². The molecule has 0 atom stereocenters. The quantitative estimate of drug-likeness (QED) is 0.224. The maximum atomic E-state index is 14.3. The number of hydrogen-bond acceptors (Lipinski definition) is 2. The van der Waals surface area contributed by atoms with E-state index in [0.717, 1.165) is 34.9 Å². The molecule has 0 amide bonds. The van der Waals surface area contributed by atoms with E-state index in [1.807, 2.05) is 60.7 Å². The zero-order valence-corrected chi connectivity index (χ0v) is 18.5. The summed E-state index contributed by atoms with van der Waals surface area (Å²) < 4.78 is 68.1. The van der Waals surface area contributed by atoms with Crippen molar-refractivity contribution in [1.29, 1.82) is 0 Å². The predicted molar refractivity (Wildman–Crippen MR) is 123 cm³/mol. The van der Waals surface area contributed by atoms with Crippen LogP contribution >= 0.6 is 7.72 Å². The molecule has 0 aromatic heterocycles. The van der Waals surface area contributed by atoms with Crippen LogP contribution in [-0.2, 0) is 22.3 Å². The SMILES string of the molecule is Fc1ccc(CO[PH](OCc2ccc(F)cc2F)(c2ccccc2)c2ccccc2)c(F)c1. The van der Waals surface area contributed by atoms with Gasteiger partial charge in [-0.1, -0.05) is 0 Å². The van der Waals surface area contributed by atoms with Gasteiger partial charge >= 0.3 is 190 Å². The van der Waals surface area contributed by atoms with E-state index in [1.165, 1.54) is 12.1 Å². The normalized spacial score (nSPS) is 12.0. The van der Waals surface area contributed by atoms with E-state index in [9.17, 15) is 17.6 Å². The molecule has 0 unspecified atom stereocenters.